The van der Waals surface area contributed by atoms with Gasteiger partial charge in [0.1, 0.15) is 0 Å². The van der Waals surface area contributed by atoms with E-state index in [1.165, 1.54) is 6.92 Å². The van der Waals surface area contributed by atoms with Crippen LogP contribution in [0.1, 0.15) is 20.3 Å². The standard InChI is InChI=1S/C9H12F3NO4/c1-3-17-7(15)6(13)5(14)4-8(2,16)9(10,11)12/h13,16H,3-4H2,1-2H3. The zero-order chi connectivity index (χ0) is 13.9. The Labute approximate surface area is 95.1 Å². The van der Waals surface area contributed by atoms with E-state index in [1.807, 2.05) is 0 Å². The van der Waals surface area contributed by atoms with Crippen molar-refractivity contribution in [3.63, 3.8) is 0 Å². The first kappa shape index (κ1) is 15.6. The molecular formula is C9H12F3NO4. The summed E-state index contributed by atoms with van der Waals surface area (Å²) in [6.07, 6.45) is -6.41. The average molecular weight is 255 g/mol. The lowest BCUT2D eigenvalue weighted by atomic mass is 9.96. The van der Waals surface area contributed by atoms with E-state index in [9.17, 15) is 22.8 Å². The van der Waals surface area contributed by atoms with E-state index < -0.39 is 35.7 Å². The minimum atomic E-state index is -5.02. The van der Waals surface area contributed by atoms with Crippen LogP contribution in [0.3, 0.4) is 0 Å². The molecule has 0 aromatic carbocycles. The van der Waals surface area contributed by atoms with Gasteiger partial charge in [-0.15, -0.1) is 0 Å². The Morgan fingerprint density at radius 2 is 1.82 bits per heavy atom. The van der Waals surface area contributed by atoms with E-state index >= 15 is 0 Å². The van der Waals surface area contributed by atoms with Gasteiger partial charge in [-0.05, 0) is 13.8 Å². The Morgan fingerprint density at radius 3 is 2.18 bits per heavy atom. The fourth-order valence-corrected chi connectivity index (χ4v) is 0.818. The first-order chi connectivity index (χ1) is 7.53. The zero-order valence-corrected chi connectivity index (χ0v) is 9.22. The van der Waals surface area contributed by atoms with Crippen LogP contribution in [-0.4, -0.2) is 41.0 Å². The summed E-state index contributed by atoms with van der Waals surface area (Å²) in [5.74, 6) is -2.73. The average Bonchev–Trinajstić information content (AvgIpc) is 2.14. The number of hydrogen-bond donors (Lipinski definition) is 2. The maximum atomic E-state index is 12.2. The molecule has 0 amide bonds. The number of halogens is 3. The lowest BCUT2D eigenvalue weighted by molar-refractivity contribution is -0.252. The van der Waals surface area contributed by atoms with Crippen molar-refractivity contribution in [2.45, 2.75) is 32.0 Å². The number of Topliss-reactive ketones (excluding diaryl/α,β-unsaturated/α-hetero) is 1. The summed E-state index contributed by atoms with van der Waals surface area (Å²) in [5, 5.41) is 16.0. The Morgan fingerprint density at radius 1 is 1.35 bits per heavy atom. The molecule has 17 heavy (non-hydrogen) atoms. The Balaban J connectivity index is 4.67. The fourth-order valence-electron chi connectivity index (χ4n) is 0.818. The quantitative estimate of drug-likeness (QED) is 0.433. The van der Waals surface area contributed by atoms with Crippen molar-refractivity contribution in [3.05, 3.63) is 0 Å². The van der Waals surface area contributed by atoms with E-state index in [4.69, 9.17) is 10.5 Å². The highest BCUT2D eigenvalue weighted by Crippen LogP contribution is 2.32. The number of carbonyl (C=O) groups is 2. The second kappa shape index (κ2) is 5.26. The highest BCUT2D eigenvalue weighted by molar-refractivity contribution is 6.63. The van der Waals surface area contributed by atoms with Gasteiger partial charge in [0.2, 0.25) is 0 Å². The van der Waals surface area contributed by atoms with Gasteiger partial charge in [-0.25, -0.2) is 4.79 Å². The molecule has 0 aromatic rings. The molecule has 8 heteroatoms. The molecule has 98 valence electrons. The predicted molar refractivity (Wildman–Crippen MR) is 50.7 cm³/mol. The van der Waals surface area contributed by atoms with Crippen molar-refractivity contribution in [2.24, 2.45) is 0 Å². The highest BCUT2D eigenvalue weighted by atomic mass is 19.4. The normalized spacial score (nSPS) is 14.9. The van der Waals surface area contributed by atoms with Gasteiger partial charge in [0.15, 0.2) is 17.1 Å². The van der Waals surface area contributed by atoms with Gasteiger partial charge in [0, 0.05) is 0 Å². The summed E-state index contributed by atoms with van der Waals surface area (Å²) in [6.45, 7) is 1.70. The van der Waals surface area contributed by atoms with Gasteiger partial charge in [-0.1, -0.05) is 0 Å². The molecule has 0 rings (SSSR count). The van der Waals surface area contributed by atoms with Crippen LogP contribution in [0.15, 0.2) is 0 Å². The summed E-state index contributed by atoms with van der Waals surface area (Å²) in [6, 6.07) is 0. The molecule has 0 spiro atoms. The summed E-state index contributed by atoms with van der Waals surface area (Å²) < 4.78 is 40.9. The van der Waals surface area contributed by atoms with E-state index in [1.54, 1.807) is 0 Å². The number of ether oxygens (including phenoxy) is 1. The van der Waals surface area contributed by atoms with Crippen LogP contribution in [-0.2, 0) is 14.3 Å². The van der Waals surface area contributed by atoms with E-state index in [0.29, 0.717) is 6.92 Å². The second-order valence-electron chi connectivity index (χ2n) is 3.47. The highest BCUT2D eigenvalue weighted by Gasteiger charge is 2.51. The van der Waals surface area contributed by atoms with Crippen LogP contribution < -0.4 is 0 Å². The maximum Gasteiger partial charge on any atom is 0.417 e. The minimum Gasteiger partial charge on any atom is -0.461 e. The summed E-state index contributed by atoms with van der Waals surface area (Å²) >= 11 is 0. The number of nitrogens with one attached hydrogen (secondary N) is 1. The monoisotopic (exact) mass is 255 g/mol. The third-order valence-corrected chi connectivity index (χ3v) is 1.87. The lowest BCUT2D eigenvalue weighted by Crippen LogP contribution is -2.45. The number of ketones is 1. The molecule has 2 N–H and O–H groups in total. The van der Waals surface area contributed by atoms with E-state index in [0.717, 1.165) is 0 Å². The largest absolute Gasteiger partial charge is 0.461 e. The van der Waals surface area contributed by atoms with Crippen LogP contribution in [0.5, 0.6) is 0 Å². The molecule has 0 heterocycles. The number of hydrogen-bond acceptors (Lipinski definition) is 5. The summed E-state index contributed by atoms with van der Waals surface area (Å²) in [7, 11) is 0. The van der Waals surface area contributed by atoms with Crippen molar-refractivity contribution in [1.82, 2.24) is 0 Å². The molecule has 5 nitrogen and oxygen atoms in total. The van der Waals surface area contributed by atoms with Gasteiger partial charge in [0.05, 0.1) is 13.0 Å². The van der Waals surface area contributed by atoms with Crippen molar-refractivity contribution in [2.75, 3.05) is 6.61 Å². The Kier molecular flexibility index (Phi) is 4.81. The van der Waals surface area contributed by atoms with Crippen LogP contribution in [0.25, 0.3) is 0 Å². The van der Waals surface area contributed by atoms with Gasteiger partial charge in [-0.2, -0.15) is 13.2 Å². The minimum absolute atomic E-state index is 0.107. The molecular weight excluding hydrogens is 243 g/mol. The molecule has 1 atom stereocenters. The second-order valence-corrected chi connectivity index (χ2v) is 3.47. The first-order valence-electron chi connectivity index (χ1n) is 4.61. The molecule has 1 unspecified atom stereocenters. The molecule has 0 radical (unpaired) electrons. The Hall–Kier alpha value is -1.44. The van der Waals surface area contributed by atoms with Crippen LogP contribution in [0.2, 0.25) is 0 Å². The predicted octanol–water partition coefficient (Wildman–Crippen LogP) is 0.842. The smallest absolute Gasteiger partial charge is 0.417 e. The Bertz CT molecular complexity index is 336. The van der Waals surface area contributed by atoms with Gasteiger partial charge in [0.25, 0.3) is 0 Å². The zero-order valence-electron chi connectivity index (χ0n) is 9.22. The molecule has 0 aliphatic heterocycles. The molecule has 0 fully saturated rings. The van der Waals surface area contributed by atoms with E-state index in [-0.39, 0.29) is 6.61 Å². The lowest BCUT2D eigenvalue weighted by Gasteiger charge is -2.25. The van der Waals surface area contributed by atoms with Crippen molar-refractivity contribution >= 4 is 17.5 Å². The summed E-state index contributed by atoms with van der Waals surface area (Å²) in [5.41, 5.74) is -4.49. The first-order valence-corrected chi connectivity index (χ1v) is 4.61. The SMILES string of the molecule is CCOC(=O)C(=N)C(=O)CC(C)(O)C(F)(F)F. The number of esters is 1. The topological polar surface area (TPSA) is 87.5 Å². The van der Waals surface area contributed by atoms with Crippen molar-refractivity contribution in [3.8, 4) is 0 Å². The fraction of sp³-hybridized carbons (Fsp3) is 0.667. The summed E-state index contributed by atoms with van der Waals surface area (Å²) in [4.78, 5) is 22.0. The molecule has 0 aliphatic carbocycles. The molecule has 0 saturated carbocycles. The third kappa shape index (κ3) is 4.14. The number of carbonyl (C=O) groups excluding carboxylic acids is 2. The third-order valence-electron chi connectivity index (χ3n) is 1.87. The molecule has 0 aliphatic rings. The van der Waals surface area contributed by atoms with Gasteiger partial charge < -0.3 is 9.84 Å². The molecule has 0 saturated heterocycles. The van der Waals surface area contributed by atoms with Crippen LogP contribution in [0, 0.1) is 5.41 Å². The van der Waals surface area contributed by atoms with Crippen LogP contribution >= 0.6 is 0 Å². The van der Waals surface area contributed by atoms with Gasteiger partial charge in [-0.3, -0.25) is 10.2 Å². The maximum absolute atomic E-state index is 12.2. The van der Waals surface area contributed by atoms with Crippen LogP contribution in [0.4, 0.5) is 13.2 Å². The van der Waals surface area contributed by atoms with E-state index in [2.05, 4.69) is 4.74 Å². The number of alkyl halides is 3. The van der Waals surface area contributed by atoms with Crippen molar-refractivity contribution < 1.29 is 32.6 Å². The van der Waals surface area contributed by atoms with Crippen molar-refractivity contribution in [1.29, 1.82) is 5.41 Å². The number of aliphatic hydroxyl groups is 1. The van der Waals surface area contributed by atoms with Gasteiger partial charge >= 0.3 is 12.1 Å². The molecule has 0 bridgehead atoms. The molecule has 0 aromatic heterocycles. The number of rotatable bonds is 5.